The van der Waals surface area contributed by atoms with Crippen molar-refractivity contribution in [2.75, 3.05) is 40.8 Å². The molecule has 0 N–H and O–H groups in total. The van der Waals surface area contributed by atoms with Crippen molar-refractivity contribution in [2.24, 2.45) is 0 Å². The highest BCUT2D eigenvalue weighted by atomic mass is 16.2. The second kappa shape index (κ2) is 7.40. The fraction of sp³-hybridized carbons (Fsp3) is 0.529. The van der Waals surface area contributed by atoms with Gasteiger partial charge in [0.2, 0.25) is 11.8 Å². The summed E-state index contributed by atoms with van der Waals surface area (Å²) in [6.07, 6.45) is 1.17. The Morgan fingerprint density at radius 2 is 1.86 bits per heavy atom. The average molecular weight is 303 g/mol. The molecule has 1 saturated heterocycles. The molecule has 1 aromatic carbocycles. The first kappa shape index (κ1) is 16.5. The maximum absolute atomic E-state index is 12.6. The molecule has 2 rings (SSSR count). The van der Waals surface area contributed by atoms with E-state index in [2.05, 4.69) is 4.90 Å². The highest BCUT2D eigenvalue weighted by Crippen LogP contribution is 2.14. The number of carbonyl (C=O) groups is 2. The van der Waals surface area contributed by atoms with Crippen LogP contribution in [0.15, 0.2) is 30.3 Å². The predicted octanol–water partition coefficient (Wildman–Crippen LogP) is 0.850. The van der Waals surface area contributed by atoms with E-state index in [0.717, 1.165) is 18.5 Å². The van der Waals surface area contributed by atoms with Crippen LogP contribution >= 0.6 is 0 Å². The summed E-state index contributed by atoms with van der Waals surface area (Å²) in [7, 11) is 5.47. The lowest BCUT2D eigenvalue weighted by molar-refractivity contribution is -0.147. The molecule has 1 aliphatic heterocycles. The van der Waals surface area contributed by atoms with Gasteiger partial charge in [-0.15, -0.1) is 0 Å². The summed E-state index contributed by atoms with van der Waals surface area (Å²) in [5.74, 6) is 0.0664. The van der Waals surface area contributed by atoms with Gasteiger partial charge in [0, 0.05) is 40.2 Å². The number of hydrogen-bond donors (Lipinski definition) is 0. The molecule has 0 radical (unpaired) electrons. The summed E-state index contributed by atoms with van der Waals surface area (Å²) < 4.78 is 0. The molecule has 22 heavy (non-hydrogen) atoms. The lowest BCUT2D eigenvalue weighted by Gasteiger charge is -2.40. The fourth-order valence-electron chi connectivity index (χ4n) is 2.77. The second-order valence-electron chi connectivity index (χ2n) is 6.08. The highest BCUT2D eigenvalue weighted by Gasteiger charge is 2.34. The van der Waals surface area contributed by atoms with E-state index in [0.29, 0.717) is 19.5 Å². The zero-order chi connectivity index (χ0) is 16.1. The molecule has 1 heterocycles. The molecule has 5 heteroatoms. The number of carbonyl (C=O) groups excluding carboxylic acids is 2. The van der Waals surface area contributed by atoms with Gasteiger partial charge in [-0.3, -0.25) is 9.59 Å². The largest absolute Gasteiger partial charge is 0.347 e. The lowest BCUT2D eigenvalue weighted by Crippen LogP contribution is -2.59. The van der Waals surface area contributed by atoms with E-state index >= 15 is 0 Å². The molecule has 2 amide bonds. The zero-order valence-electron chi connectivity index (χ0n) is 13.7. The number of amides is 2. The van der Waals surface area contributed by atoms with Crippen LogP contribution in [0.5, 0.6) is 0 Å². The van der Waals surface area contributed by atoms with Crippen molar-refractivity contribution >= 4 is 11.8 Å². The summed E-state index contributed by atoms with van der Waals surface area (Å²) in [5.41, 5.74) is 1.15. The molecule has 1 fully saturated rings. The third-order valence-corrected chi connectivity index (χ3v) is 4.10. The molecular formula is C17H25N3O2. The van der Waals surface area contributed by atoms with Crippen molar-refractivity contribution in [1.29, 1.82) is 0 Å². The molecule has 1 aromatic rings. The minimum atomic E-state index is -0.364. The second-order valence-corrected chi connectivity index (χ2v) is 6.08. The lowest BCUT2D eigenvalue weighted by atomic mass is 10.1. The number of likely N-dealkylation sites (N-methyl/N-ethyl adjacent to an activating group) is 2. The number of hydrogen-bond acceptors (Lipinski definition) is 3. The Hall–Kier alpha value is -1.88. The molecule has 0 spiro atoms. The first-order valence-electron chi connectivity index (χ1n) is 7.72. The van der Waals surface area contributed by atoms with Gasteiger partial charge in [0.05, 0.1) is 0 Å². The molecule has 0 aliphatic carbocycles. The highest BCUT2D eigenvalue weighted by molar-refractivity contribution is 5.88. The van der Waals surface area contributed by atoms with Crippen LogP contribution in [-0.4, -0.2) is 73.3 Å². The monoisotopic (exact) mass is 303 g/mol. The minimum Gasteiger partial charge on any atom is -0.347 e. The van der Waals surface area contributed by atoms with E-state index in [1.54, 1.807) is 23.9 Å². The Kier molecular flexibility index (Phi) is 5.55. The predicted molar refractivity (Wildman–Crippen MR) is 86.5 cm³/mol. The number of aryl methyl sites for hydroxylation is 1. The quantitative estimate of drug-likeness (QED) is 0.828. The molecule has 1 aliphatic rings. The zero-order valence-corrected chi connectivity index (χ0v) is 13.7. The molecule has 0 aromatic heterocycles. The molecule has 0 bridgehead atoms. The van der Waals surface area contributed by atoms with Gasteiger partial charge in [0.1, 0.15) is 6.04 Å². The van der Waals surface area contributed by atoms with Crippen molar-refractivity contribution in [3.63, 3.8) is 0 Å². The van der Waals surface area contributed by atoms with Crippen LogP contribution in [0.2, 0.25) is 0 Å². The van der Waals surface area contributed by atoms with Gasteiger partial charge in [0.15, 0.2) is 0 Å². The van der Waals surface area contributed by atoms with Crippen molar-refractivity contribution in [3.8, 4) is 0 Å². The standard InChI is InChI=1S/C17H25N3O2/c1-18(2)17(22)15-13-19(3)11-12-20(15)16(21)10-9-14-7-5-4-6-8-14/h4-8,15H,9-13H2,1-3H3. The summed E-state index contributed by atoms with van der Waals surface area (Å²) in [4.78, 5) is 30.3. The molecule has 0 saturated carbocycles. The third kappa shape index (κ3) is 4.07. The Morgan fingerprint density at radius 3 is 2.50 bits per heavy atom. The van der Waals surface area contributed by atoms with Crippen molar-refractivity contribution in [1.82, 2.24) is 14.7 Å². The molecular weight excluding hydrogens is 278 g/mol. The van der Waals surface area contributed by atoms with E-state index < -0.39 is 0 Å². The van der Waals surface area contributed by atoms with Crippen LogP contribution in [0.4, 0.5) is 0 Å². The SMILES string of the molecule is CN1CCN(C(=O)CCc2ccccc2)C(C(=O)N(C)C)C1. The van der Waals surface area contributed by atoms with Crippen LogP contribution in [0.3, 0.4) is 0 Å². The van der Waals surface area contributed by atoms with E-state index in [9.17, 15) is 9.59 Å². The van der Waals surface area contributed by atoms with Crippen LogP contribution in [0, 0.1) is 0 Å². The summed E-state index contributed by atoms with van der Waals surface area (Å²) >= 11 is 0. The number of piperazine rings is 1. The first-order chi connectivity index (χ1) is 10.5. The molecule has 1 atom stereocenters. The van der Waals surface area contributed by atoms with E-state index in [1.807, 2.05) is 37.4 Å². The van der Waals surface area contributed by atoms with Gasteiger partial charge < -0.3 is 14.7 Å². The maximum atomic E-state index is 12.6. The van der Waals surface area contributed by atoms with Crippen molar-refractivity contribution < 1.29 is 9.59 Å². The third-order valence-electron chi connectivity index (χ3n) is 4.10. The van der Waals surface area contributed by atoms with Crippen LogP contribution < -0.4 is 0 Å². The van der Waals surface area contributed by atoms with Crippen LogP contribution in [-0.2, 0) is 16.0 Å². The molecule has 1 unspecified atom stereocenters. The van der Waals surface area contributed by atoms with Crippen LogP contribution in [0.1, 0.15) is 12.0 Å². The van der Waals surface area contributed by atoms with Gasteiger partial charge in [-0.1, -0.05) is 30.3 Å². The molecule has 120 valence electrons. The topological polar surface area (TPSA) is 43.9 Å². The Labute approximate surface area is 132 Å². The van der Waals surface area contributed by atoms with Gasteiger partial charge in [-0.25, -0.2) is 0 Å². The van der Waals surface area contributed by atoms with Gasteiger partial charge in [-0.2, -0.15) is 0 Å². The van der Waals surface area contributed by atoms with Crippen molar-refractivity contribution in [3.05, 3.63) is 35.9 Å². The smallest absolute Gasteiger partial charge is 0.246 e. The van der Waals surface area contributed by atoms with Crippen molar-refractivity contribution in [2.45, 2.75) is 18.9 Å². The number of nitrogens with zero attached hydrogens (tertiary/aromatic N) is 3. The number of benzene rings is 1. The first-order valence-corrected chi connectivity index (χ1v) is 7.72. The Balaban J connectivity index is 2.00. The summed E-state index contributed by atoms with van der Waals surface area (Å²) in [6, 6.07) is 9.62. The Morgan fingerprint density at radius 1 is 1.18 bits per heavy atom. The van der Waals surface area contributed by atoms with Gasteiger partial charge in [-0.05, 0) is 19.0 Å². The van der Waals surface area contributed by atoms with E-state index in [-0.39, 0.29) is 17.9 Å². The van der Waals surface area contributed by atoms with E-state index in [4.69, 9.17) is 0 Å². The Bertz CT molecular complexity index is 516. The average Bonchev–Trinajstić information content (AvgIpc) is 2.52. The fourth-order valence-corrected chi connectivity index (χ4v) is 2.77. The van der Waals surface area contributed by atoms with Crippen LogP contribution in [0.25, 0.3) is 0 Å². The van der Waals surface area contributed by atoms with Gasteiger partial charge in [0.25, 0.3) is 0 Å². The minimum absolute atomic E-state index is 0.000360. The molecule has 5 nitrogen and oxygen atoms in total. The summed E-state index contributed by atoms with van der Waals surface area (Å²) in [6.45, 7) is 2.04. The van der Waals surface area contributed by atoms with Gasteiger partial charge >= 0.3 is 0 Å². The maximum Gasteiger partial charge on any atom is 0.246 e. The number of rotatable bonds is 4. The normalized spacial score (nSPS) is 19.0. The van der Waals surface area contributed by atoms with E-state index in [1.165, 1.54) is 0 Å². The summed E-state index contributed by atoms with van der Waals surface area (Å²) in [5, 5.41) is 0.